The van der Waals surface area contributed by atoms with Gasteiger partial charge in [0.05, 0.1) is 17.6 Å². The maximum absolute atomic E-state index is 12.0. The van der Waals surface area contributed by atoms with Gasteiger partial charge in [-0.15, -0.1) is 0 Å². The van der Waals surface area contributed by atoms with Crippen LogP contribution in [0.25, 0.3) is 0 Å². The van der Waals surface area contributed by atoms with Crippen LogP contribution in [0.3, 0.4) is 0 Å². The molecule has 0 aromatic heterocycles. The molecule has 0 spiro atoms. The molecule has 1 amide bonds. The third-order valence-corrected chi connectivity index (χ3v) is 4.43. The number of rotatable bonds is 1. The third-order valence-electron chi connectivity index (χ3n) is 3.38. The lowest BCUT2D eigenvalue weighted by Gasteiger charge is -2.33. The minimum absolute atomic E-state index is 0.0296. The zero-order valence-electron chi connectivity index (χ0n) is 10.6. The Kier molecular flexibility index (Phi) is 3.87. The van der Waals surface area contributed by atoms with Gasteiger partial charge in [-0.2, -0.15) is 0 Å². The van der Waals surface area contributed by atoms with Crippen LogP contribution in [0.1, 0.15) is 16.7 Å². The zero-order chi connectivity index (χ0) is 13.4. The van der Waals surface area contributed by atoms with Crippen molar-refractivity contribution in [3.05, 3.63) is 21.7 Å². The maximum atomic E-state index is 12.0. The molecule has 1 aromatic carbocycles. The van der Waals surface area contributed by atoms with Crippen LogP contribution in [0.4, 0.5) is 5.69 Å². The van der Waals surface area contributed by atoms with Crippen molar-refractivity contribution in [1.29, 1.82) is 0 Å². The van der Waals surface area contributed by atoms with Crippen molar-refractivity contribution in [3.63, 3.8) is 0 Å². The van der Waals surface area contributed by atoms with Crippen molar-refractivity contribution < 1.29 is 9.53 Å². The molecule has 0 radical (unpaired) electrons. The molecule has 1 heterocycles. The van der Waals surface area contributed by atoms with Gasteiger partial charge in [0.25, 0.3) is 0 Å². The van der Waals surface area contributed by atoms with E-state index in [1.54, 1.807) is 4.90 Å². The van der Waals surface area contributed by atoms with Gasteiger partial charge >= 0.3 is 0 Å². The Bertz CT molecular complexity index is 516. The summed E-state index contributed by atoms with van der Waals surface area (Å²) in [5, 5.41) is 1.01. The fourth-order valence-electron chi connectivity index (χ4n) is 2.24. The molecule has 0 saturated carbocycles. The summed E-state index contributed by atoms with van der Waals surface area (Å²) in [6, 6.07) is 0. The molecule has 1 aromatic rings. The standard InChI is InChI=1S/C13H15BrClNO2/c1-7-8(2)13-12(9(3)11(7)15)16(4-5-18-13)10(17)6-14/h4-6H2,1-3H3. The molecule has 0 fully saturated rings. The molecule has 0 N–H and O–H groups in total. The summed E-state index contributed by atoms with van der Waals surface area (Å²) < 4.78 is 5.73. The Morgan fingerprint density at radius 3 is 2.61 bits per heavy atom. The fourth-order valence-corrected chi connectivity index (χ4v) is 2.78. The highest BCUT2D eigenvalue weighted by atomic mass is 79.9. The average Bonchev–Trinajstić information content (AvgIpc) is 2.40. The number of ether oxygens (including phenoxy) is 1. The first-order valence-electron chi connectivity index (χ1n) is 5.77. The molecule has 2 rings (SSSR count). The number of alkyl halides is 1. The van der Waals surface area contributed by atoms with Crippen molar-refractivity contribution in [2.75, 3.05) is 23.4 Å². The van der Waals surface area contributed by atoms with Crippen LogP contribution in [-0.4, -0.2) is 24.4 Å². The number of anilines is 1. The van der Waals surface area contributed by atoms with Crippen LogP contribution in [0.5, 0.6) is 5.75 Å². The molecule has 0 atom stereocenters. The van der Waals surface area contributed by atoms with E-state index in [4.69, 9.17) is 16.3 Å². The number of halogens is 2. The van der Waals surface area contributed by atoms with Crippen LogP contribution in [0.2, 0.25) is 5.02 Å². The van der Waals surface area contributed by atoms with E-state index < -0.39 is 0 Å². The number of carbonyl (C=O) groups is 1. The normalized spacial score (nSPS) is 14.2. The van der Waals surface area contributed by atoms with E-state index in [0.29, 0.717) is 23.5 Å². The van der Waals surface area contributed by atoms with Gasteiger partial charge in [0, 0.05) is 5.02 Å². The first-order chi connectivity index (χ1) is 8.49. The second-order valence-electron chi connectivity index (χ2n) is 4.39. The molecule has 1 aliphatic rings. The Morgan fingerprint density at radius 1 is 1.33 bits per heavy atom. The first kappa shape index (κ1) is 13.7. The predicted octanol–water partition coefficient (Wildman–Crippen LogP) is 3.39. The lowest BCUT2D eigenvalue weighted by Crippen LogP contribution is -2.39. The smallest absolute Gasteiger partial charge is 0.237 e. The van der Waals surface area contributed by atoms with Gasteiger partial charge in [-0.1, -0.05) is 27.5 Å². The number of hydrogen-bond acceptors (Lipinski definition) is 2. The van der Waals surface area contributed by atoms with Gasteiger partial charge in [0.1, 0.15) is 12.4 Å². The molecule has 0 saturated heterocycles. The van der Waals surface area contributed by atoms with E-state index in [-0.39, 0.29) is 5.91 Å². The number of benzene rings is 1. The highest BCUT2D eigenvalue weighted by molar-refractivity contribution is 9.09. The van der Waals surface area contributed by atoms with Gasteiger partial charge in [-0.05, 0) is 37.5 Å². The molecule has 1 aliphatic heterocycles. The molecular formula is C13H15BrClNO2. The molecule has 0 unspecified atom stereocenters. The summed E-state index contributed by atoms with van der Waals surface area (Å²) in [5.41, 5.74) is 3.75. The minimum Gasteiger partial charge on any atom is -0.489 e. The Hall–Kier alpha value is -0.740. The fraction of sp³-hybridized carbons (Fsp3) is 0.462. The lowest BCUT2D eigenvalue weighted by atomic mass is 10.0. The van der Waals surface area contributed by atoms with E-state index in [2.05, 4.69) is 15.9 Å². The molecule has 98 valence electrons. The van der Waals surface area contributed by atoms with Gasteiger partial charge in [-0.3, -0.25) is 4.79 Å². The number of carbonyl (C=O) groups excluding carboxylic acids is 1. The molecule has 0 aliphatic carbocycles. The van der Waals surface area contributed by atoms with Crippen LogP contribution in [0.15, 0.2) is 0 Å². The van der Waals surface area contributed by atoms with E-state index >= 15 is 0 Å². The Morgan fingerprint density at radius 2 is 2.00 bits per heavy atom. The number of fused-ring (bicyclic) bond motifs is 1. The molecule has 0 bridgehead atoms. The van der Waals surface area contributed by atoms with Crippen LogP contribution in [0, 0.1) is 20.8 Å². The molecule has 3 nitrogen and oxygen atoms in total. The largest absolute Gasteiger partial charge is 0.489 e. The van der Waals surface area contributed by atoms with Crippen molar-refractivity contribution in [3.8, 4) is 5.75 Å². The molecular weight excluding hydrogens is 318 g/mol. The molecule has 5 heteroatoms. The van der Waals surface area contributed by atoms with Gasteiger partial charge in [0.2, 0.25) is 5.91 Å². The topological polar surface area (TPSA) is 29.5 Å². The van der Waals surface area contributed by atoms with E-state index in [0.717, 1.165) is 28.1 Å². The Labute approximate surface area is 120 Å². The van der Waals surface area contributed by atoms with Crippen molar-refractivity contribution in [2.45, 2.75) is 20.8 Å². The van der Waals surface area contributed by atoms with Gasteiger partial charge in [-0.25, -0.2) is 0 Å². The second-order valence-corrected chi connectivity index (χ2v) is 5.33. The van der Waals surface area contributed by atoms with Gasteiger partial charge in [0.15, 0.2) is 0 Å². The summed E-state index contributed by atoms with van der Waals surface area (Å²) in [5.74, 6) is 0.817. The maximum Gasteiger partial charge on any atom is 0.237 e. The van der Waals surface area contributed by atoms with Crippen molar-refractivity contribution >= 4 is 39.1 Å². The highest BCUT2D eigenvalue weighted by Gasteiger charge is 2.28. The number of amides is 1. The highest BCUT2D eigenvalue weighted by Crippen LogP contribution is 2.43. The van der Waals surface area contributed by atoms with Crippen LogP contribution in [-0.2, 0) is 4.79 Å². The Balaban J connectivity index is 2.67. The lowest BCUT2D eigenvalue weighted by molar-refractivity contribution is -0.116. The van der Waals surface area contributed by atoms with E-state index in [9.17, 15) is 4.79 Å². The van der Waals surface area contributed by atoms with E-state index in [1.165, 1.54) is 0 Å². The zero-order valence-corrected chi connectivity index (χ0v) is 13.0. The summed E-state index contributed by atoms with van der Waals surface area (Å²) in [6.45, 7) is 6.96. The third kappa shape index (κ3) is 2.01. The summed E-state index contributed by atoms with van der Waals surface area (Å²) >= 11 is 9.54. The average molecular weight is 333 g/mol. The van der Waals surface area contributed by atoms with Crippen molar-refractivity contribution in [2.24, 2.45) is 0 Å². The first-order valence-corrected chi connectivity index (χ1v) is 7.27. The number of nitrogens with zero attached hydrogens (tertiary/aromatic N) is 1. The number of hydrogen-bond donors (Lipinski definition) is 0. The van der Waals surface area contributed by atoms with Crippen LogP contribution >= 0.6 is 27.5 Å². The van der Waals surface area contributed by atoms with Gasteiger partial charge < -0.3 is 9.64 Å². The van der Waals surface area contributed by atoms with Crippen molar-refractivity contribution in [1.82, 2.24) is 0 Å². The summed E-state index contributed by atoms with van der Waals surface area (Å²) in [4.78, 5) is 13.7. The SMILES string of the molecule is Cc1c(C)c2c(c(C)c1Cl)N(C(=O)CBr)CCO2. The van der Waals surface area contributed by atoms with E-state index in [1.807, 2.05) is 20.8 Å². The van der Waals surface area contributed by atoms with Crippen LogP contribution < -0.4 is 9.64 Å². The summed E-state index contributed by atoms with van der Waals surface area (Å²) in [6.07, 6.45) is 0. The predicted molar refractivity (Wildman–Crippen MR) is 77.3 cm³/mol. The minimum atomic E-state index is 0.0296. The quantitative estimate of drug-likeness (QED) is 0.738. The second kappa shape index (κ2) is 5.10. The monoisotopic (exact) mass is 331 g/mol. The summed E-state index contributed by atoms with van der Waals surface area (Å²) in [7, 11) is 0. The molecule has 18 heavy (non-hydrogen) atoms.